The van der Waals surface area contributed by atoms with Gasteiger partial charge in [0.2, 0.25) is 0 Å². The average molecular weight is 541 g/mol. The number of likely N-dealkylation sites (tertiary alicyclic amines) is 1. The zero-order valence-electron chi connectivity index (χ0n) is 20.4. The zero-order chi connectivity index (χ0) is 26.3. The monoisotopic (exact) mass is 540 g/mol. The molecule has 12 heteroatoms. The fourth-order valence-corrected chi connectivity index (χ4v) is 5.40. The van der Waals surface area contributed by atoms with Crippen LogP contribution in [-0.2, 0) is 31.4 Å². The largest absolute Gasteiger partial charge is 0.508 e. The van der Waals surface area contributed by atoms with Gasteiger partial charge in [0.25, 0.3) is 5.91 Å². The van der Waals surface area contributed by atoms with Crippen molar-refractivity contribution in [3.63, 3.8) is 0 Å². The first-order valence-corrected chi connectivity index (χ1v) is 12.9. The van der Waals surface area contributed by atoms with E-state index in [0.29, 0.717) is 32.0 Å². The Bertz CT molecular complexity index is 975. The van der Waals surface area contributed by atoms with E-state index >= 15 is 0 Å². The predicted molar refractivity (Wildman–Crippen MR) is 126 cm³/mol. The lowest BCUT2D eigenvalue weighted by molar-refractivity contribution is -0.161. The number of phenolic OH excluding ortho intramolecular Hbond substituents is 1. The van der Waals surface area contributed by atoms with Crippen molar-refractivity contribution in [2.45, 2.75) is 76.3 Å². The zero-order valence-corrected chi connectivity index (χ0v) is 21.9. The van der Waals surface area contributed by atoms with E-state index < -0.39 is 56.2 Å². The van der Waals surface area contributed by atoms with Gasteiger partial charge in [-0.3, -0.25) is 4.79 Å². The Kier molecular flexibility index (Phi) is 8.18. The van der Waals surface area contributed by atoms with Crippen LogP contribution in [0.2, 0.25) is 5.02 Å². The van der Waals surface area contributed by atoms with Crippen molar-refractivity contribution in [2.24, 2.45) is 5.92 Å². The van der Waals surface area contributed by atoms with Crippen LogP contribution < -0.4 is 4.72 Å². The topological polar surface area (TPSA) is 88.1 Å². The summed E-state index contributed by atoms with van der Waals surface area (Å²) in [4.78, 5) is 14.5. The van der Waals surface area contributed by atoms with E-state index in [2.05, 4.69) is 4.72 Å². The first-order chi connectivity index (χ1) is 16.0. The first kappa shape index (κ1) is 28.2. The summed E-state index contributed by atoms with van der Waals surface area (Å²) in [6.45, 7) is 9.67. The van der Waals surface area contributed by atoms with Gasteiger partial charge in [-0.2, -0.15) is 13.2 Å². The van der Waals surface area contributed by atoms with Crippen molar-refractivity contribution < 1.29 is 36.8 Å². The number of hydrogen-bond donors (Lipinski definition) is 2. The second kappa shape index (κ2) is 10.2. The molecule has 0 aromatic heterocycles. The van der Waals surface area contributed by atoms with Crippen LogP contribution in [0.5, 0.6) is 5.75 Å². The SMILES string of the molecule is CC1(C)OC[C@H](C(=O)N2CCC([C@@H](NS(=O)C(C)(C)C)c3cc(Cl)c(C(F)(F)F)cc3O)CC2)O1. The molecule has 0 saturated carbocycles. The number of carbonyl (C=O) groups excluding carboxylic acids is 1. The van der Waals surface area contributed by atoms with Crippen LogP contribution >= 0.6 is 11.6 Å². The second-order valence-electron chi connectivity index (χ2n) is 10.3. The molecule has 2 aliphatic rings. The summed E-state index contributed by atoms with van der Waals surface area (Å²) in [5.74, 6) is -1.81. The number of nitrogens with one attached hydrogen (secondary N) is 1. The van der Waals surface area contributed by atoms with Gasteiger partial charge in [0.05, 0.1) is 39.0 Å². The summed E-state index contributed by atoms with van der Waals surface area (Å²) in [6.07, 6.45) is -4.47. The summed E-state index contributed by atoms with van der Waals surface area (Å²) < 4.78 is 66.2. The summed E-state index contributed by atoms with van der Waals surface area (Å²) in [6, 6.07) is 0.946. The minimum atomic E-state index is -4.73. The maximum atomic E-state index is 13.3. The lowest BCUT2D eigenvalue weighted by Gasteiger charge is -2.38. The minimum Gasteiger partial charge on any atom is -0.508 e. The Morgan fingerprint density at radius 2 is 1.86 bits per heavy atom. The molecule has 198 valence electrons. The molecule has 7 nitrogen and oxygen atoms in total. The van der Waals surface area contributed by atoms with Crippen molar-refractivity contribution in [2.75, 3.05) is 19.7 Å². The number of aromatic hydroxyl groups is 1. The van der Waals surface area contributed by atoms with Crippen LogP contribution in [0.4, 0.5) is 13.2 Å². The van der Waals surface area contributed by atoms with E-state index in [1.807, 2.05) is 0 Å². The highest BCUT2D eigenvalue weighted by Gasteiger charge is 2.41. The molecular weight excluding hydrogens is 509 g/mol. The number of carbonyl (C=O) groups is 1. The van der Waals surface area contributed by atoms with Gasteiger partial charge in [0.1, 0.15) is 5.75 Å². The van der Waals surface area contributed by atoms with Crippen molar-refractivity contribution >= 4 is 28.5 Å². The molecule has 0 aliphatic carbocycles. The highest BCUT2D eigenvalue weighted by Crippen LogP contribution is 2.43. The van der Waals surface area contributed by atoms with E-state index in [9.17, 15) is 27.3 Å². The fourth-order valence-electron chi connectivity index (χ4n) is 4.21. The summed E-state index contributed by atoms with van der Waals surface area (Å²) in [5, 5.41) is 9.99. The molecular formula is C23H32ClF3N2O5S. The third kappa shape index (κ3) is 6.68. The summed E-state index contributed by atoms with van der Waals surface area (Å²) in [7, 11) is -1.58. The first-order valence-electron chi connectivity index (χ1n) is 11.4. The number of alkyl halides is 3. The van der Waals surface area contributed by atoms with E-state index in [-0.39, 0.29) is 24.0 Å². The van der Waals surface area contributed by atoms with Gasteiger partial charge in [-0.1, -0.05) is 11.6 Å². The quantitative estimate of drug-likeness (QED) is 0.572. The molecule has 2 heterocycles. The van der Waals surface area contributed by atoms with Crippen LogP contribution in [0.15, 0.2) is 12.1 Å². The Balaban J connectivity index is 1.82. The number of amides is 1. The molecule has 2 saturated heterocycles. The lowest BCUT2D eigenvalue weighted by atomic mass is 9.85. The molecule has 0 spiro atoms. The van der Waals surface area contributed by atoms with Crippen LogP contribution in [0.25, 0.3) is 0 Å². The molecule has 3 atom stereocenters. The highest BCUT2D eigenvalue weighted by molar-refractivity contribution is 7.84. The second-order valence-corrected chi connectivity index (χ2v) is 12.8. The number of rotatable bonds is 5. The van der Waals surface area contributed by atoms with Crippen LogP contribution in [0, 0.1) is 5.92 Å². The minimum absolute atomic E-state index is 0.139. The van der Waals surface area contributed by atoms with Gasteiger partial charge in [-0.05, 0) is 65.5 Å². The van der Waals surface area contributed by atoms with Gasteiger partial charge in [0.15, 0.2) is 11.9 Å². The highest BCUT2D eigenvalue weighted by atomic mass is 35.5. The van der Waals surface area contributed by atoms with E-state index in [1.54, 1.807) is 39.5 Å². The number of benzene rings is 1. The molecule has 2 N–H and O–H groups in total. The number of ether oxygens (including phenoxy) is 2. The molecule has 1 amide bonds. The Labute approximate surface area is 210 Å². The Morgan fingerprint density at radius 1 is 1.26 bits per heavy atom. The molecule has 1 unspecified atom stereocenters. The lowest BCUT2D eigenvalue weighted by Crippen LogP contribution is -2.47. The molecule has 1 aromatic carbocycles. The molecule has 0 radical (unpaired) electrons. The third-order valence-electron chi connectivity index (χ3n) is 6.15. The van der Waals surface area contributed by atoms with Gasteiger partial charge < -0.3 is 19.5 Å². The van der Waals surface area contributed by atoms with Gasteiger partial charge in [-0.25, -0.2) is 8.93 Å². The number of halogens is 4. The fraction of sp³-hybridized carbons (Fsp3) is 0.696. The maximum Gasteiger partial charge on any atom is 0.417 e. The number of phenols is 1. The number of nitrogens with zero attached hydrogens (tertiary/aromatic N) is 1. The molecule has 35 heavy (non-hydrogen) atoms. The number of hydrogen-bond acceptors (Lipinski definition) is 5. The molecule has 0 bridgehead atoms. The standard InChI is InChI=1S/C23H32ClF3N2O5S/c1-21(2,3)35(32)28-19(14-10-16(24)15(11-17(14)30)23(25,26)27)13-6-8-29(9-7-13)20(31)18-12-33-22(4,5)34-18/h10-11,13,18-19,28,30H,6-9,12H2,1-5H3/t18-,19-,35?/m1/s1. The van der Waals surface area contributed by atoms with Crippen molar-refractivity contribution in [1.82, 2.24) is 9.62 Å². The Hall–Kier alpha value is -1.40. The summed E-state index contributed by atoms with van der Waals surface area (Å²) in [5.41, 5.74) is -1.00. The third-order valence-corrected chi connectivity index (χ3v) is 8.05. The van der Waals surface area contributed by atoms with Crippen LogP contribution in [0.1, 0.15) is 64.6 Å². The van der Waals surface area contributed by atoms with Gasteiger partial charge >= 0.3 is 6.18 Å². The van der Waals surface area contributed by atoms with Crippen molar-refractivity contribution in [3.05, 3.63) is 28.3 Å². The normalized spacial score (nSPS) is 23.3. The van der Waals surface area contributed by atoms with Gasteiger partial charge in [0, 0.05) is 18.7 Å². The smallest absolute Gasteiger partial charge is 0.417 e. The molecule has 2 fully saturated rings. The predicted octanol–water partition coefficient (Wildman–Crippen LogP) is 4.55. The van der Waals surface area contributed by atoms with E-state index in [1.165, 1.54) is 0 Å². The van der Waals surface area contributed by atoms with E-state index in [4.69, 9.17) is 21.1 Å². The van der Waals surface area contributed by atoms with Crippen molar-refractivity contribution in [1.29, 1.82) is 0 Å². The average Bonchev–Trinajstić information content (AvgIpc) is 3.11. The number of piperidine rings is 1. The maximum absolute atomic E-state index is 13.3. The van der Waals surface area contributed by atoms with Crippen molar-refractivity contribution in [3.8, 4) is 5.75 Å². The molecule has 3 rings (SSSR count). The summed E-state index contributed by atoms with van der Waals surface area (Å²) >= 11 is 5.94. The molecule has 2 aliphatic heterocycles. The van der Waals surface area contributed by atoms with E-state index in [0.717, 1.165) is 6.07 Å². The Morgan fingerprint density at radius 3 is 2.34 bits per heavy atom. The van der Waals surface area contributed by atoms with Gasteiger partial charge in [-0.15, -0.1) is 0 Å². The van der Waals surface area contributed by atoms with Crippen LogP contribution in [0.3, 0.4) is 0 Å². The molecule has 1 aromatic rings. The van der Waals surface area contributed by atoms with Crippen LogP contribution in [-0.4, -0.2) is 56.5 Å².